The van der Waals surface area contributed by atoms with Gasteiger partial charge in [-0.05, 0) is 26.8 Å². The molecule has 0 fully saturated rings. The van der Waals surface area contributed by atoms with Gasteiger partial charge >= 0.3 is 0 Å². The fraction of sp³-hybridized carbons (Fsp3) is 0.909. The first kappa shape index (κ1) is 13.4. The Morgan fingerprint density at radius 3 is 2.64 bits per heavy atom. The largest absolute Gasteiger partial charge is 0.382 e. The highest BCUT2D eigenvalue weighted by Crippen LogP contribution is 1.99. The minimum atomic E-state index is 0.127. The third-order valence-electron chi connectivity index (χ3n) is 2.17. The summed E-state index contributed by atoms with van der Waals surface area (Å²) in [5.74, 6) is 0.127. The molecule has 14 heavy (non-hydrogen) atoms. The van der Waals surface area contributed by atoms with Crippen molar-refractivity contribution in [2.24, 2.45) is 5.92 Å². The van der Waals surface area contributed by atoms with Gasteiger partial charge in [0, 0.05) is 26.3 Å². The summed E-state index contributed by atoms with van der Waals surface area (Å²) in [6.07, 6.45) is 1.06. The average Bonchev–Trinajstić information content (AvgIpc) is 2.22. The van der Waals surface area contributed by atoms with Crippen molar-refractivity contribution in [3.63, 3.8) is 0 Å². The minimum Gasteiger partial charge on any atom is -0.382 e. The van der Waals surface area contributed by atoms with Crippen LogP contribution in [0.3, 0.4) is 0 Å². The molecule has 3 heteroatoms. The Hall–Kier alpha value is -0.590. The maximum atomic E-state index is 8.69. The lowest BCUT2D eigenvalue weighted by atomic mass is 10.2. The molecule has 0 saturated carbocycles. The molecule has 0 aromatic heterocycles. The summed E-state index contributed by atoms with van der Waals surface area (Å²) in [6.45, 7) is 10.6. The van der Waals surface area contributed by atoms with E-state index in [1.807, 2.05) is 13.8 Å². The molecule has 0 amide bonds. The lowest BCUT2D eigenvalue weighted by Gasteiger charge is -2.21. The summed E-state index contributed by atoms with van der Waals surface area (Å²) in [5, 5.41) is 8.69. The molecule has 0 saturated heterocycles. The van der Waals surface area contributed by atoms with E-state index in [-0.39, 0.29) is 5.92 Å². The van der Waals surface area contributed by atoms with Crippen molar-refractivity contribution in [1.82, 2.24) is 4.90 Å². The monoisotopic (exact) mass is 198 g/mol. The topological polar surface area (TPSA) is 36.3 Å². The number of rotatable bonds is 8. The van der Waals surface area contributed by atoms with Crippen molar-refractivity contribution in [3.8, 4) is 6.07 Å². The summed E-state index contributed by atoms with van der Waals surface area (Å²) in [4.78, 5) is 2.30. The molecular weight excluding hydrogens is 176 g/mol. The molecule has 0 N–H and O–H groups in total. The van der Waals surface area contributed by atoms with Gasteiger partial charge < -0.3 is 9.64 Å². The molecule has 0 aliphatic carbocycles. The SMILES string of the molecule is CCOCCCN(CC)CC(C)C#N. The lowest BCUT2D eigenvalue weighted by molar-refractivity contribution is 0.131. The molecule has 1 atom stereocenters. The van der Waals surface area contributed by atoms with E-state index in [0.717, 1.165) is 39.3 Å². The van der Waals surface area contributed by atoms with E-state index in [9.17, 15) is 0 Å². The minimum absolute atomic E-state index is 0.127. The van der Waals surface area contributed by atoms with Crippen molar-refractivity contribution < 1.29 is 4.74 Å². The lowest BCUT2D eigenvalue weighted by Crippen LogP contribution is -2.29. The highest BCUT2D eigenvalue weighted by Gasteiger charge is 2.06. The molecule has 82 valence electrons. The van der Waals surface area contributed by atoms with Crippen LogP contribution >= 0.6 is 0 Å². The van der Waals surface area contributed by atoms with Crippen molar-refractivity contribution in [2.45, 2.75) is 27.2 Å². The molecule has 0 rings (SSSR count). The van der Waals surface area contributed by atoms with Gasteiger partial charge in [-0.1, -0.05) is 6.92 Å². The molecule has 0 aliphatic rings. The smallest absolute Gasteiger partial charge is 0.0666 e. The second-order valence-electron chi connectivity index (χ2n) is 3.47. The van der Waals surface area contributed by atoms with Crippen LogP contribution in [0.15, 0.2) is 0 Å². The maximum absolute atomic E-state index is 8.69. The molecule has 0 radical (unpaired) electrons. The molecule has 1 unspecified atom stereocenters. The fourth-order valence-corrected chi connectivity index (χ4v) is 1.34. The van der Waals surface area contributed by atoms with Gasteiger partial charge in [0.1, 0.15) is 0 Å². The van der Waals surface area contributed by atoms with Gasteiger partial charge in [0.2, 0.25) is 0 Å². The molecule has 3 nitrogen and oxygen atoms in total. The summed E-state index contributed by atoms with van der Waals surface area (Å²) in [5.41, 5.74) is 0. The van der Waals surface area contributed by atoms with Crippen LogP contribution in [0.5, 0.6) is 0 Å². The van der Waals surface area contributed by atoms with E-state index in [2.05, 4.69) is 17.9 Å². The maximum Gasteiger partial charge on any atom is 0.0666 e. The highest BCUT2D eigenvalue weighted by molar-refractivity contribution is 4.81. The third kappa shape index (κ3) is 6.88. The molecule has 0 spiro atoms. The molecule has 0 aromatic rings. The zero-order valence-corrected chi connectivity index (χ0v) is 9.62. The standard InChI is InChI=1S/C11H22N2O/c1-4-13(10-11(3)9-12)7-6-8-14-5-2/h11H,4-8,10H2,1-3H3. The van der Waals surface area contributed by atoms with Crippen LogP contribution in [0.2, 0.25) is 0 Å². The third-order valence-corrected chi connectivity index (χ3v) is 2.17. The Morgan fingerprint density at radius 2 is 2.14 bits per heavy atom. The van der Waals surface area contributed by atoms with Gasteiger partial charge in [0.15, 0.2) is 0 Å². The van der Waals surface area contributed by atoms with Crippen LogP contribution in [0.25, 0.3) is 0 Å². The Kier molecular flexibility index (Phi) is 8.61. The van der Waals surface area contributed by atoms with Crippen LogP contribution in [0, 0.1) is 17.2 Å². The Balaban J connectivity index is 3.54. The molecule has 0 aromatic carbocycles. The van der Waals surface area contributed by atoms with Crippen molar-refractivity contribution >= 4 is 0 Å². The summed E-state index contributed by atoms with van der Waals surface area (Å²) in [7, 11) is 0. The van der Waals surface area contributed by atoms with Gasteiger partial charge in [-0.3, -0.25) is 0 Å². The first-order valence-electron chi connectivity index (χ1n) is 5.44. The summed E-state index contributed by atoms with van der Waals surface area (Å²) in [6, 6.07) is 2.26. The summed E-state index contributed by atoms with van der Waals surface area (Å²) < 4.78 is 5.27. The zero-order valence-electron chi connectivity index (χ0n) is 9.62. The predicted molar refractivity (Wildman–Crippen MR) is 58.0 cm³/mol. The Bertz CT molecular complexity index is 165. The second kappa shape index (κ2) is 8.98. The van der Waals surface area contributed by atoms with Crippen LogP contribution in [0.4, 0.5) is 0 Å². The fourth-order valence-electron chi connectivity index (χ4n) is 1.34. The number of nitriles is 1. The second-order valence-corrected chi connectivity index (χ2v) is 3.47. The molecule has 0 aliphatic heterocycles. The van der Waals surface area contributed by atoms with Crippen molar-refractivity contribution in [1.29, 1.82) is 5.26 Å². The van der Waals surface area contributed by atoms with Crippen molar-refractivity contribution in [3.05, 3.63) is 0 Å². The van der Waals surface area contributed by atoms with Crippen LogP contribution in [0.1, 0.15) is 27.2 Å². The van der Waals surface area contributed by atoms with Gasteiger partial charge in [0.05, 0.1) is 12.0 Å². The number of hydrogen-bond acceptors (Lipinski definition) is 3. The van der Waals surface area contributed by atoms with E-state index in [1.54, 1.807) is 0 Å². The average molecular weight is 198 g/mol. The van der Waals surface area contributed by atoms with Gasteiger partial charge in [0.25, 0.3) is 0 Å². The van der Waals surface area contributed by atoms with E-state index >= 15 is 0 Å². The van der Waals surface area contributed by atoms with Crippen LogP contribution < -0.4 is 0 Å². The Morgan fingerprint density at radius 1 is 1.43 bits per heavy atom. The van der Waals surface area contributed by atoms with E-state index < -0.39 is 0 Å². The van der Waals surface area contributed by atoms with Crippen LogP contribution in [-0.2, 0) is 4.74 Å². The predicted octanol–water partition coefficient (Wildman–Crippen LogP) is 1.89. The molecular formula is C11H22N2O. The van der Waals surface area contributed by atoms with E-state index in [4.69, 9.17) is 10.00 Å². The van der Waals surface area contributed by atoms with E-state index in [1.165, 1.54) is 0 Å². The molecule has 0 heterocycles. The van der Waals surface area contributed by atoms with Gasteiger partial charge in [-0.25, -0.2) is 0 Å². The quantitative estimate of drug-likeness (QED) is 0.559. The number of nitrogens with zero attached hydrogens (tertiary/aromatic N) is 2. The highest BCUT2D eigenvalue weighted by atomic mass is 16.5. The van der Waals surface area contributed by atoms with Crippen LogP contribution in [-0.4, -0.2) is 37.7 Å². The molecule has 0 bridgehead atoms. The normalized spacial score (nSPS) is 12.8. The van der Waals surface area contributed by atoms with Gasteiger partial charge in [-0.2, -0.15) is 5.26 Å². The zero-order chi connectivity index (χ0) is 10.8. The van der Waals surface area contributed by atoms with Gasteiger partial charge in [-0.15, -0.1) is 0 Å². The Labute approximate surface area is 87.7 Å². The van der Waals surface area contributed by atoms with Crippen molar-refractivity contribution in [2.75, 3.05) is 32.8 Å². The van der Waals surface area contributed by atoms with E-state index in [0.29, 0.717) is 0 Å². The number of hydrogen-bond donors (Lipinski definition) is 0. The first-order chi connectivity index (χ1) is 6.74. The number of ether oxygens (including phenoxy) is 1. The summed E-state index contributed by atoms with van der Waals surface area (Å²) >= 11 is 0. The first-order valence-corrected chi connectivity index (χ1v) is 5.44.